The predicted molar refractivity (Wildman–Crippen MR) is 111 cm³/mol. The first kappa shape index (κ1) is 20.5. The number of ether oxygens (including phenoxy) is 1. The van der Waals surface area contributed by atoms with Gasteiger partial charge in [-0.2, -0.15) is 0 Å². The molecule has 3 rings (SSSR count). The van der Waals surface area contributed by atoms with Crippen LogP contribution in [0, 0.1) is 0 Å². The van der Waals surface area contributed by atoms with Gasteiger partial charge in [0.2, 0.25) is 5.91 Å². The van der Waals surface area contributed by atoms with Crippen molar-refractivity contribution in [3.05, 3.63) is 53.6 Å². The van der Waals surface area contributed by atoms with Crippen LogP contribution in [-0.4, -0.2) is 56.4 Å². The third-order valence-corrected chi connectivity index (χ3v) is 5.02. The monoisotopic (exact) mass is 404 g/mol. The van der Waals surface area contributed by atoms with Crippen molar-refractivity contribution in [2.75, 3.05) is 49.5 Å². The zero-order valence-corrected chi connectivity index (χ0v) is 16.8. The second-order valence-corrected chi connectivity index (χ2v) is 7.53. The standard InChI is InChI=1S/C21H26ClN3O3/c1-16(26)23-18-5-7-21(8-6-18)28-15-20(27)14-24-9-11-25(12-10-24)19-4-2-3-17(22)13-19/h2-8,13,20,27H,9-12,14-15H2,1H3,(H,23,26)/p+1/t20-/m1/s1. The van der Waals surface area contributed by atoms with Gasteiger partial charge in [0.1, 0.15) is 25.0 Å². The van der Waals surface area contributed by atoms with E-state index in [2.05, 4.69) is 16.3 Å². The smallest absolute Gasteiger partial charge is 0.221 e. The number of carbonyl (C=O) groups is 1. The number of hydrogen-bond donors (Lipinski definition) is 3. The van der Waals surface area contributed by atoms with E-state index in [-0.39, 0.29) is 12.5 Å². The molecule has 0 spiro atoms. The summed E-state index contributed by atoms with van der Waals surface area (Å²) in [6.07, 6.45) is -0.525. The molecule has 6 nitrogen and oxygen atoms in total. The lowest BCUT2D eigenvalue weighted by atomic mass is 10.2. The molecule has 1 atom stereocenters. The Morgan fingerprint density at radius 2 is 1.96 bits per heavy atom. The lowest BCUT2D eigenvalue weighted by Gasteiger charge is -2.34. The number of aliphatic hydroxyl groups is 1. The topological polar surface area (TPSA) is 66.2 Å². The molecule has 1 amide bonds. The van der Waals surface area contributed by atoms with E-state index in [4.69, 9.17) is 16.3 Å². The van der Waals surface area contributed by atoms with E-state index in [0.717, 1.165) is 42.6 Å². The van der Waals surface area contributed by atoms with Crippen LogP contribution >= 0.6 is 11.6 Å². The molecule has 0 aromatic heterocycles. The van der Waals surface area contributed by atoms with Gasteiger partial charge in [-0.15, -0.1) is 0 Å². The number of aliphatic hydroxyl groups excluding tert-OH is 1. The van der Waals surface area contributed by atoms with Gasteiger partial charge in [0.25, 0.3) is 0 Å². The number of rotatable bonds is 7. The van der Waals surface area contributed by atoms with Crippen molar-refractivity contribution in [1.82, 2.24) is 0 Å². The van der Waals surface area contributed by atoms with Crippen molar-refractivity contribution in [3.8, 4) is 5.75 Å². The number of halogens is 1. The molecule has 0 bridgehead atoms. The summed E-state index contributed by atoms with van der Waals surface area (Å²) in [6, 6.07) is 15.1. The predicted octanol–water partition coefficient (Wildman–Crippen LogP) is 1.44. The van der Waals surface area contributed by atoms with Crippen molar-refractivity contribution in [1.29, 1.82) is 0 Å². The highest BCUT2D eigenvalue weighted by molar-refractivity contribution is 6.30. The normalized spacial score (nSPS) is 15.9. The maximum Gasteiger partial charge on any atom is 0.221 e. The van der Waals surface area contributed by atoms with Gasteiger partial charge in [-0.1, -0.05) is 17.7 Å². The fraction of sp³-hybridized carbons (Fsp3) is 0.381. The minimum absolute atomic E-state index is 0.109. The summed E-state index contributed by atoms with van der Waals surface area (Å²) >= 11 is 6.08. The van der Waals surface area contributed by atoms with E-state index in [1.54, 1.807) is 24.3 Å². The molecule has 3 N–H and O–H groups in total. The molecule has 0 radical (unpaired) electrons. The Morgan fingerprint density at radius 3 is 2.61 bits per heavy atom. The summed E-state index contributed by atoms with van der Waals surface area (Å²) < 4.78 is 5.67. The van der Waals surface area contributed by atoms with Gasteiger partial charge in [-0.25, -0.2) is 0 Å². The number of benzene rings is 2. The molecule has 1 aliphatic rings. The number of nitrogens with one attached hydrogen (secondary N) is 2. The molecule has 1 fully saturated rings. The van der Waals surface area contributed by atoms with Gasteiger partial charge < -0.3 is 25.0 Å². The second-order valence-electron chi connectivity index (χ2n) is 7.09. The number of piperazine rings is 1. The Kier molecular flexibility index (Phi) is 7.14. The van der Waals surface area contributed by atoms with Crippen LogP contribution in [0.25, 0.3) is 0 Å². The third kappa shape index (κ3) is 6.12. The molecule has 2 aromatic carbocycles. The fourth-order valence-electron chi connectivity index (χ4n) is 3.38. The molecule has 1 saturated heterocycles. The van der Waals surface area contributed by atoms with Crippen LogP contribution in [0.3, 0.4) is 0 Å². The van der Waals surface area contributed by atoms with E-state index >= 15 is 0 Å². The maximum atomic E-state index is 11.0. The van der Waals surface area contributed by atoms with Crippen LogP contribution < -0.4 is 19.9 Å². The molecular weight excluding hydrogens is 378 g/mol. The Morgan fingerprint density at radius 1 is 1.25 bits per heavy atom. The van der Waals surface area contributed by atoms with Gasteiger partial charge in [-0.05, 0) is 42.5 Å². The molecule has 0 saturated carbocycles. The highest BCUT2D eigenvalue weighted by Gasteiger charge is 2.23. The average molecular weight is 405 g/mol. The van der Waals surface area contributed by atoms with E-state index < -0.39 is 6.10 Å². The summed E-state index contributed by atoms with van der Waals surface area (Å²) in [5.74, 6) is 0.566. The number of carbonyl (C=O) groups excluding carboxylic acids is 1. The Labute approximate surface area is 170 Å². The van der Waals surface area contributed by atoms with Crippen molar-refractivity contribution in [3.63, 3.8) is 0 Å². The van der Waals surface area contributed by atoms with Crippen LogP contribution in [0.5, 0.6) is 5.75 Å². The zero-order valence-electron chi connectivity index (χ0n) is 16.0. The lowest BCUT2D eigenvalue weighted by Crippen LogP contribution is -3.16. The number of amides is 1. The molecule has 0 aliphatic carbocycles. The zero-order chi connectivity index (χ0) is 19.9. The number of nitrogens with zero attached hydrogens (tertiary/aromatic N) is 1. The molecule has 28 heavy (non-hydrogen) atoms. The number of hydrogen-bond acceptors (Lipinski definition) is 4. The Bertz CT molecular complexity index is 777. The highest BCUT2D eigenvalue weighted by Crippen LogP contribution is 2.19. The highest BCUT2D eigenvalue weighted by atomic mass is 35.5. The number of quaternary nitrogens is 1. The van der Waals surface area contributed by atoms with E-state index in [9.17, 15) is 9.90 Å². The summed E-state index contributed by atoms with van der Waals surface area (Å²) in [4.78, 5) is 14.7. The van der Waals surface area contributed by atoms with E-state index in [1.807, 2.05) is 18.2 Å². The third-order valence-electron chi connectivity index (χ3n) is 4.79. The largest absolute Gasteiger partial charge is 0.491 e. The van der Waals surface area contributed by atoms with Gasteiger partial charge in [0.05, 0.1) is 26.2 Å². The Hall–Kier alpha value is -2.28. The molecule has 150 valence electrons. The Balaban J connectivity index is 1.39. The summed E-state index contributed by atoms with van der Waals surface area (Å²) in [5, 5.41) is 13.8. The van der Waals surface area contributed by atoms with Crippen molar-refractivity contribution in [2.45, 2.75) is 13.0 Å². The molecule has 1 aliphatic heterocycles. The van der Waals surface area contributed by atoms with E-state index in [0.29, 0.717) is 12.3 Å². The summed E-state index contributed by atoms with van der Waals surface area (Å²) in [6.45, 7) is 6.19. The van der Waals surface area contributed by atoms with Gasteiger partial charge >= 0.3 is 0 Å². The van der Waals surface area contributed by atoms with Gasteiger partial charge in [0, 0.05) is 23.3 Å². The quantitative estimate of drug-likeness (QED) is 0.653. The van der Waals surface area contributed by atoms with Crippen LogP contribution in [0.15, 0.2) is 48.5 Å². The molecule has 0 unspecified atom stereocenters. The van der Waals surface area contributed by atoms with Crippen LogP contribution in [0.1, 0.15) is 6.92 Å². The van der Waals surface area contributed by atoms with Crippen LogP contribution in [0.4, 0.5) is 11.4 Å². The first-order chi connectivity index (χ1) is 13.5. The summed E-state index contributed by atoms with van der Waals surface area (Å²) in [7, 11) is 0. The van der Waals surface area contributed by atoms with Crippen LogP contribution in [0.2, 0.25) is 5.02 Å². The van der Waals surface area contributed by atoms with Crippen molar-refractivity contribution >= 4 is 28.9 Å². The lowest BCUT2D eigenvalue weighted by molar-refractivity contribution is -0.903. The SMILES string of the molecule is CC(=O)Nc1ccc(OC[C@H](O)C[NH+]2CCN(c3cccc(Cl)c3)CC2)cc1. The molecule has 7 heteroatoms. The van der Waals surface area contributed by atoms with Crippen molar-refractivity contribution < 1.29 is 19.5 Å². The molecular formula is C21H27ClN3O3+. The molecule has 2 aromatic rings. The van der Waals surface area contributed by atoms with Crippen LogP contribution in [-0.2, 0) is 4.79 Å². The van der Waals surface area contributed by atoms with Crippen molar-refractivity contribution in [2.24, 2.45) is 0 Å². The fourth-order valence-corrected chi connectivity index (χ4v) is 3.56. The molecule has 1 heterocycles. The van der Waals surface area contributed by atoms with Gasteiger partial charge in [0.15, 0.2) is 0 Å². The minimum Gasteiger partial charge on any atom is -0.491 e. The number of anilines is 2. The second kappa shape index (κ2) is 9.78. The first-order valence-corrected chi connectivity index (χ1v) is 9.90. The maximum absolute atomic E-state index is 11.0. The van der Waals surface area contributed by atoms with Gasteiger partial charge in [-0.3, -0.25) is 4.79 Å². The first-order valence-electron chi connectivity index (χ1n) is 9.52. The summed E-state index contributed by atoms with van der Waals surface area (Å²) in [5.41, 5.74) is 1.88. The average Bonchev–Trinajstić information content (AvgIpc) is 2.68. The van der Waals surface area contributed by atoms with E-state index in [1.165, 1.54) is 11.8 Å². The minimum atomic E-state index is -0.525.